The van der Waals surface area contributed by atoms with Crippen LogP contribution in [0.5, 0.6) is 5.75 Å². The van der Waals surface area contributed by atoms with Crippen molar-refractivity contribution in [1.82, 2.24) is 4.98 Å². The summed E-state index contributed by atoms with van der Waals surface area (Å²) < 4.78 is 5.42. The van der Waals surface area contributed by atoms with Crippen LogP contribution in [0.2, 0.25) is 0 Å². The zero-order valence-corrected chi connectivity index (χ0v) is 12.2. The summed E-state index contributed by atoms with van der Waals surface area (Å²) in [6, 6.07) is 10.4. The van der Waals surface area contributed by atoms with E-state index in [4.69, 9.17) is 4.74 Å². The van der Waals surface area contributed by atoms with E-state index in [-0.39, 0.29) is 6.04 Å². The summed E-state index contributed by atoms with van der Waals surface area (Å²) in [4.78, 5) is 5.25. The lowest BCUT2D eigenvalue weighted by molar-refractivity contribution is 0.404. The van der Waals surface area contributed by atoms with Crippen molar-refractivity contribution in [2.75, 3.05) is 18.7 Å². The van der Waals surface area contributed by atoms with Gasteiger partial charge in [0.15, 0.2) is 0 Å². The second-order valence-electron chi connectivity index (χ2n) is 4.22. The maximum atomic E-state index is 5.42. The van der Waals surface area contributed by atoms with Crippen molar-refractivity contribution in [1.29, 1.82) is 0 Å². The Labute approximate surface area is 118 Å². The summed E-state index contributed by atoms with van der Waals surface area (Å²) in [5.74, 6) is 0.921. The van der Waals surface area contributed by atoms with Crippen LogP contribution in [0, 0.1) is 0 Å². The second kappa shape index (κ2) is 6.48. The summed E-state index contributed by atoms with van der Waals surface area (Å²) in [5.41, 5.74) is 2.21. The second-order valence-corrected chi connectivity index (χ2v) is 5.07. The molecule has 1 N–H and O–H groups in total. The van der Waals surface area contributed by atoms with Gasteiger partial charge in [0.2, 0.25) is 0 Å². The van der Waals surface area contributed by atoms with Crippen LogP contribution in [0.1, 0.15) is 18.5 Å². The third-order valence-electron chi connectivity index (χ3n) is 2.95. The van der Waals surface area contributed by atoms with Gasteiger partial charge in [0, 0.05) is 23.3 Å². The molecule has 0 spiro atoms. The highest BCUT2D eigenvalue weighted by Gasteiger charge is 2.09. The minimum absolute atomic E-state index is 0.203. The molecular weight excluding hydrogens is 256 g/mol. The number of hydrogen-bond donors (Lipinski definition) is 1. The summed E-state index contributed by atoms with van der Waals surface area (Å²) in [6.45, 7) is 2.13. The Kier molecular flexibility index (Phi) is 4.68. The monoisotopic (exact) mass is 274 g/mol. The van der Waals surface area contributed by atoms with E-state index in [0.29, 0.717) is 0 Å². The summed E-state index contributed by atoms with van der Waals surface area (Å²) in [6.07, 6.45) is 5.64. The van der Waals surface area contributed by atoms with Crippen LogP contribution in [-0.4, -0.2) is 18.3 Å². The molecule has 0 aliphatic rings. The highest BCUT2D eigenvalue weighted by Crippen LogP contribution is 2.31. The van der Waals surface area contributed by atoms with E-state index in [0.717, 1.165) is 16.3 Å². The molecule has 1 heterocycles. The molecule has 1 aromatic heterocycles. The van der Waals surface area contributed by atoms with Crippen molar-refractivity contribution in [2.45, 2.75) is 17.9 Å². The van der Waals surface area contributed by atoms with Gasteiger partial charge in [0.25, 0.3) is 0 Å². The largest absolute Gasteiger partial charge is 0.496 e. The predicted octanol–water partition coefficient (Wildman–Crippen LogP) is 3.99. The van der Waals surface area contributed by atoms with Gasteiger partial charge in [-0.15, -0.1) is 11.8 Å². The summed E-state index contributed by atoms with van der Waals surface area (Å²) in [5, 5.41) is 3.42. The van der Waals surface area contributed by atoms with Gasteiger partial charge in [0.1, 0.15) is 5.75 Å². The first-order chi connectivity index (χ1) is 9.24. The Morgan fingerprint density at radius 3 is 2.79 bits per heavy atom. The summed E-state index contributed by atoms with van der Waals surface area (Å²) in [7, 11) is 1.71. The lowest BCUT2D eigenvalue weighted by atomic mass is 10.1. The summed E-state index contributed by atoms with van der Waals surface area (Å²) >= 11 is 1.69. The first-order valence-electron chi connectivity index (χ1n) is 6.13. The molecule has 3 nitrogen and oxygen atoms in total. The fourth-order valence-electron chi connectivity index (χ4n) is 1.90. The number of methoxy groups -OCH3 is 1. The Bertz CT molecular complexity index is 531. The Morgan fingerprint density at radius 2 is 2.16 bits per heavy atom. The molecule has 0 radical (unpaired) electrons. The molecule has 0 bridgehead atoms. The van der Waals surface area contributed by atoms with Crippen LogP contribution in [-0.2, 0) is 0 Å². The van der Waals surface area contributed by atoms with Crippen molar-refractivity contribution < 1.29 is 4.74 Å². The average Bonchev–Trinajstić information content (AvgIpc) is 2.47. The molecule has 0 saturated carbocycles. The topological polar surface area (TPSA) is 34.1 Å². The van der Waals surface area contributed by atoms with Crippen molar-refractivity contribution >= 4 is 17.4 Å². The third kappa shape index (κ3) is 3.41. The van der Waals surface area contributed by atoms with E-state index >= 15 is 0 Å². The van der Waals surface area contributed by atoms with Gasteiger partial charge in [-0.1, -0.05) is 6.07 Å². The van der Waals surface area contributed by atoms with Crippen molar-refractivity contribution in [2.24, 2.45) is 0 Å². The zero-order valence-electron chi connectivity index (χ0n) is 11.4. The highest BCUT2D eigenvalue weighted by molar-refractivity contribution is 7.98. The fourth-order valence-corrected chi connectivity index (χ4v) is 2.45. The van der Waals surface area contributed by atoms with Crippen LogP contribution in [0.25, 0.3) is 0 Å². The quantitative estimate of drug-likeness (QED) is 0.836. The van der Waals surface area contributed by atoms with Crippen LogP contribution >= 0.6 is 11.8 Å². The molecule has 0 aliphatic heterocycles. The first-order valence-corrected chi connectivity index (χ1v) is 7.35. The van der Waals surface area contributed by atoms with Crippen LogP contribution < -0.4 is 10.1 Å². The smallest absolute Gasteiger partial charge is 0.132 e. The molecule has 0 fully saturated rings. The highest BCUT2D eigenvalue weighted by atomic mass is 32.2. The maximum absolute atomic E-state index is 5.42. The molecule has 0 aliphatic carbocycles. The molecule has 2 aromatic rings. The van der Waals surface area contributed by atoms with Crippen molar-refractivity contribution in [3.8, 4) is 5.75 Å². The van der Waals surface area contributed by atoms with Crippen LogP contribution in [0.3, 0.4) is 0 Å². The number of nitrogens with one attached hydrogen (secondary N) is 1. The SMILES string of the molecule is COc1cc([C@@H](C)Nc2cccnc2)ccc1SC. The fraction of sp³-hybridized carbons (Fsp3) is 0.267. The number of anilines is 1. The normalized spacial score (nSPS) is 11.9. The van der Waals surface area contributed by atoms with Gasteiger partial charge in [-0.05, 0) is 43.0 Å². The van der Waals surface area contributed by atoms with Gasteiger partial charge in [-0.25, -0.2) is 0 Å². The number of thioether (sulfide) groups is 1. The molecular formula is C15H18N2OS. The molecule has 19 heavy (non-hydrogen) atoms. The Morgan fingerprint density at radius 1 is 1.32 bits per heavy atom. The van der Waals surface area contributed by atoms with E-state index in [1.807, 2.05) is 18.3 Å². The molecule has 0 unspecified atom stereocenters. The van der Waals surface area contributed by atoms with E-state index in [1.165, 1.54) is 5.56 Å². The van der Waals surface area contributed by atoms with Gasteiger partial charge in [0.05, 0.1) is 12.8 Å². The van der Waals surface area contributed by atoms with E-state index in [9.17, 15) is 0 Å². The van der Waals surface area contributed by atoms with Crippen LogP contribution in [0.4, 0.5) is 5.69 Å². The number of aromatic nitrogens is 1. The number of ether oxygens (including phenoxy) is 1. The minimum atomic E-state index is 0.203. The van der Waals surface area contributed by atoms with Crippen molar-refractivity contribution in [3.05, 3.63) is 48.3 Å². The third-order valence-corrected chi connectivity index (χ3v) is 3.73. The van der Waals surface area contributed by atoms with Gasteiger partial charge in [-0.2, -0.15) is 0 Å². The lowest BCUT2D eigenvalue weighted by Crippen LogP contribution is -2.07. The number of benzene rings is 1. The molecule has 1 aromatic carbocycles. The van der Waals surface area contributed by atoms with Gasteiger partial charge in [-0.3, -0.25) is 4.98 Å². The molecule has 0 saturated heterocycles. The molecule has 0 amide bonds. The van der Waals surface area contributed by atoms with Gasteiger partial charge >= 0.3 is 0 Å². The van der Waals surface area contributed by atoms with Crippen molar-refractivity contribution in [3.63, 3.8) is 0 Å². The molecule has 4 heteroatoms. The zero-order chi connectivity index (χ0) is 13.7. The molecule has 100 valence electrons. The van der Waals surface area contributed by atoms with E-state index < -0.39 is 0 Å². The minimum Gasteiger partial charge on any atom is -0.496 e. The van der Waals surface area contributed by atoms with E-state index in [1.54, 1.807) is 25.1 Å². The Hall–Kier alpha value is -1.68. The number of rotatable bonds is 5. The molecule has 2 rings (SSSR count). The number of hydrogen-bond acceptors (Lipinski definition) is 4. The molecule has 1 atom stereocenters. The standard InChI is InChI=1S/C15H18N2OS/c1-11(17-13-5-4-8-16-10-13)12-6-7-15(19-3)14(9-12)18-2/h4-11,17H,1-3H3/t11-/m1/s1. The van der Waals surface area contributed by atoms with E-state index in [2.05, 4.69) is 41.7 Å². The lowest BCUT2D eigenvalue weighted by Gasteiger charge is -2.17. The van der Waals surface area contributed by atoms with Crippen LogP contribution in [0.15, 0.2) is 47.6 Å². The average molecular weight is 274 g/mol. The number of pyridine rings is 1. The number of nitrogens with zero attached hydrogens (tertiary/aromatic N) is 1. The first kappa shape index (κ1) is 13.7. The predicted molar refractivity (Wildman–Crippen MR) is 81.0 cm³/mol. The van der Waals surface area contributed by atoms with Gasteiger partial charge < -0.3 is 10.1 Å². The maximum Gasteiger partial charge on any atom is 0.132 e. The Balaban J connectivity index is 2.17.